The molecule has 0 aliphatic carbocycles. The molecule has 94 valence electrons. The lowest BCUT2D eigenvalue weighted by molar-refractivity contribution is -0.144. The Morgan fingerprint density at radius 3 is 2.82 bits per heavy atom. The van der Waals surface area contributed by atoms with Gasteiger partial charge < -0.3 is 20.7 Å². The molecule has 0 aromatic carbocycles. The molecule has 0 radical (unpaired) electrons. The molecule has 0 spiro atoms. The van der Waals surface area contributed by atoms with Gasteiger partial charge in [0.15, 0.2) is 0 Å². The Morgan fingerprint density at radius 1 is 1.65 bits per heavy atom. The van der Waals surface area contributed by atoms with Gasteiger partial charge in [-0.15, -0.1) is 0 Å². The third-order valence-electron chi connectivity index (χ3n) is 2.11. The van der Waals surface area contributed by atoms with Crippen molar-refractivity contribution in [2.45, 2.75) is 18.6 Å². The molecule has 0 bridgehead atoms. The van der Waals surface area contributed by atoms with Gasteiger partial charge in [0.05, 0.1) is 19.6 Å². The number of nitrogen functional groups attached to an aromatic ring is 1. The molecule has 0 saturated carbocycles. The van der Waals surface area contributed by atoms with Crippen molar-refractivity contribution in [1.82, 2.24) is 9.97 Å². The van der Waals surface area contributed by atoms with Crippen molar-refractivity contribution in [2.24, 2.45) is 0 Å². The van der Waals surface area contributed by atoms with Crippen molar-refractivity contribution in [1.29, 1.82) is 0 Å². The van der Waals surface area contributed by atoms with Gasteiger partial charge in [-0.3, -0.25) is 4.79 Å². The number of carbonyl (C=O) groups is 1. The summed E-state index contributed by atoms with van der Waals surface area (Å²) in [5.41, 5.74) is 5.60. The number of methoxy groups -OCH3 is 1. The number of aliphatic hydroxyl groups excluding tert-OH is 2. The van der Waals surface area contributed by atoms with E-state index in [4.69, 9.17) is 17.3 Å². The first-order valence-electron chi connectivity index (χ1n) is 4.66. The third-order valence-corrected chi connectivity index (χ3v) is 2.29. The Hall–Kier alpha value is -1.44. The van der Waals surface area contributed by atoms with Crippen molar-refractivity contribution in [2.75, 3.05) is 12.8 Å². The van der Waals surface area contributed by atoms with Crippen LogP contribution in [-0.2, 0) is 9.53 Å². The van der Waals surface area contributed by atoms with Gasteiger partial charge in [0, 0.05) is 11.8 Å². The topological polar surface area (TPSA) is 119 Å². The van der Waals surface area contributed by atoms with Crippen molar-refractivity contribution < 1.29 is 19.7 Å². The first-order valence-corrected chi connectivity index (χ1v) is 5.04. The van der Waals surface area contributed by atoms with Gasteiger partial charge >= 0.3 is 5.97 Å². The summed E-state index contributed by atoms with van der Waals surface area (Å²) in [4.78, 5) is 18.2. The number of hydrogen-bond acceptors (Lipinski definition) is 7. The van der Waals surface area contributed by atoms with Crippen LogP contribution in [0.2, 0.25) is 5.28 Å². The second-order valence-corrected chi connectivity index (χ2v) is 3.61. The number of nitrogens with two attached hydrogens (primary N) is 1. The Kier molecular flexibility index (Phi) is 4.62. The van der Waals surface area contributed by atoms with Crippen LogP contribution in [0, 0.1) is 0 Å². The summed E-state index contributed by atoms with van der Waals surface area (Å²) in [6.07, 6.45) is -1.91. The lowest BCUT2D eigenvalue weighted by atomic mass is 10.0. The van der Waals surface area contributed by atoms with E-state index in [0.717, 1.165) is 0 Å². The van der Waals surface area contributed by atoms with Crippen LogP contribution in [0.25, 0.3) is 0 Å². The number of anilines is 1. The predicted octanol–water partition coefficient (Wildman–Crippen LogP) is -0.330. The Balaban J connectivity index is 2.81. The van der Waals surface area contributed by atoms with E-state index in [-0.39, 0.29) is 23.1 Å². The predicted molar refractivity (Wildman–Crippen MR) is 59.1 cm³/mol. The number of nitrogens with zero attached hydrogens (tertiary/aromatic N) is 2. The molecule has 1 aromatic heterocycles. The SMILES string of the molecule is COC(=O)CC(O)C(O)c1cnc(Cl)nc1N. The summed E-state index contributed by atoms with van der Waals surface area (Å²) in [5.74, 6) is -0.702. The molecule has 1 rings (SSSR count). The lowest BCUT2D eigenvalue weighted by Crippen LogP contribution is -2.23. The van der Waals surface area contributed by atoms with E-state index >= 15 is 0 Å². The van der Waals surface area contributed by atoms with Crippen LogP contribution in [0.5, 0.6) is 0 Å². The molecule has 0 amide bonds. The highest BCUT2D eigenvalue weighted by atomic mass is 35.5. The summed E-state index contributed by atoms with van der Waals surface area (Å²) in [6.45, 7) is 0. The fourth-order valence-corrected chi connectivity index (χ4v) is 1.32. The first-order chi connectivity index (χ1) is 7.95. The number of aromatic nitrogens is 2. The molecule has 0 saturated heterocycles. The van der Waals surface area contributed by atoms with E-state index in [0.29, 0.717) is 0 Å². The Bertz CT molecular complexity index is 415. The fourth-order valence-electron chi connectivity index (χ4n) is 1.18. The van der Waals surface area contributed by atoms with Crippen molar-refractivity contribution in [3.63, 3.8) is 0 Å². The summed E-state index contributed by atoms with van der Waals surface area (Å²) in [6, 6.07) is 0. The van der Waals surface area contributed by atoms with E-state index in [9.17, 15) is 15.0 Å². The largest absolute Gasteiger partial charge is 0.469 e. The molecule has 0 aliphatic heterocycles. The van der Waals surface area contributed by atoms with Gasteiger partial charge in [-0.2, -0.15) is 0 Å². The van der Waals surface area contributed by atoms with Gasteiger partial charge in [-0.05, 0) is 11.6 Å². The average molecular weight is 262 g/mol. The molecular formula is C9H12ClN3O4. The smallest absolute Gasteiger partial charge is 0.308 e. The van der Waals surface area contributed by atoms with E-state index in [1.165, 1.54) is 13.3 Å². The standard InChI is InChI=1S/C9H12ClN3O4/c1-17-6(15)2-5(14)7(16)4-3-12-9(10)13-8(4)11/h3,5,7,14,16H,2H2,1H3,(H2,11,12,13). The average Bonchev–Trinajstić information content (AvgIpc) is 2.28. The number of rotatable bonds is 4. The van der Waals surface area contributed by atoms with Crippen LogP contribution in [-0.4, -0.2) is 39.4 Å². The summed E-state index contributed by atoms with van der Waals surface area (Å²) in [7, 11) is 1.18. The lowest BCUT2D eigenvalue weighted by Gasteiger charge is -2.17. The van der Waals surface area contributed by atoms with E-state index in [2.05, 4.69) is 14.7 Å². The number of hydrogen-bond donors (Lipinski definition) is 3. The number of aliphatic hydroxyl groups is 2. The number of carbonyl (C=O) groups excluding carboxylic acids is 1. The molecule has 7 nitrogen and oxygen atoms in total. The highest BCUT2D eigenvalue weighted by Gasteiger charge is 2.24. The van der Waals surface area contributed by atoms with Crippen LogP contribution < -0.4 is 5.73 Å². The normalized spacial score (nSPS) is 14.1. The molecule has 8 heteroatoms. The first kappa shape index (κ1) is 13.6. The van der Waals surface area contributed by atoms with Crippen LogP contribution in [0.3, 0.4) is 0 Å². The minimum Gasteiger partial charge on any atom is -0.469 e. The minimum atomic E-state index is -1.38. The van der Waals surface area contributed by atoms with E-state index in [1.54, 1.807) is 0 Å². The van der Waals surface area contributed by atoms with Gasteiger partial charge in [0.2, 0.25) is 5.28 Å². The highest BCUT2D eigenvalue weighted by Crippen LogP contribution is 2.23. The van der Waals surface area contributed by atoms with Crippen LogP contribution in [0.15, 0.2) is 6.20 Å². The highest BCUT2D eigenvalue weighted by molar-refractivity contribution is 6.28. The summed E-state index contributed by atoms with van der Waals surface area (Å²) >= 11 is 5.49. The summed E-state index contributed by atoms with van der Waals surface area (Å²) in [5, 5.41) is 19.2. The van der Waals surface area contributed by atoms with Crippen LogP contribution >= 0.6 is 11.6 Å². The third kappa shape index (κ3) is 3.52. The van der Waals surface area contributed by atoms with Gasteiger partial charge in [0.25, 0.3) is 0 Å². The molecule has 0 aliphatic rings. The van der Waals surface area contributed by atoms with Crippen LogP contribution in [0.1, 0.15) is 18.1 Å². The summed E-state index contributed by atoms with van der Waals surface area (Å²) < 4.78 is 4.36. The molecule has 2 unspecified atom stereocenters. The maximum Gasteiger partial charge on any atom is 0.308 e. The zero-order valence-electron chi connectivity index (χ0n) is 9.00. The maximum atomic E-state index is 10.9. The van der Waals surface area contributed by atoms with Gasteiger partial charge in [-0.25, -0.2) is 9.97 Å². The minimum absolute atomic E-state index is 0.0542. The second kappa shape index (κ2) is 5.76. The Morgan fingerprint density at radius 2 is 2.29 bits per heavy atom. The van der Waals surface area contributed by atoms with Crippen LogP contribution in [0.4, 0.5) is 5.82 Å². The quantitative estimate of drug-likeness (QED) is 0.501. The van der Waals surface area contributed by atoms with Crippen molar-refractivity contribution >= 4 is 23.4 Å². The zero-order chi connectivity index (χ0) is 13.0. The fraction of sp³-hybridized carbons (Fsp3) is 0.444. The number of esters is 1. The molecule has 2 atom stereocenters. The molecule has 4 N–H and O–H groups in total. The Labute approximate surface area is 102 Å². The molecule has 1 aromatic rings. The second-order valence-electron chi connectivity index (χ2n) is 3.27. The van der Waals surface area contributed by atoms with E-state index < -0.39 is 18.2 Å². The zero-order valence-corrected chi connectivity index (χ0v) is 9.76. The number of ether oxygens (including phenoxy) is 1. The molecular weight excluding hydrogens is 250 g/mol. The molecule has 17 heavy (non-hydrogen) atoms. The van der Waals surface area contributed by atoms with Gasteiger partial charge in [-0.1, -0.05) is 0 Å². The maximum absolute atomic E-state index is 10.9. The van der Waals surface area contributed by atoms with Crippen molar-refractivity contribution in [3.8, 4) is 0 Å². The number of halogens is 1. The van der Waals surface area contributed by atoms with Crippen molar-refractivity contribution in [3.05, 3.63) is 17.0 Å². The van der Waals surface area contributed by atoms with E-state index in [1.807, 2.05) is 0 Å². The van der Waals surface area contributed by atoms with Gasteiger partial charge in [0.1, 0.15) is 11.9 Å². The molecule has 1 heterocycles. The molecule has 0 fully saturated rings. The monoisotopic (exact) mass is 261 g/mol.